The van der Waals surface area contributed by atoms with Crippen LogP contribution >= 0.6 is 0 Å². The molecule has 0 spiro atoms. The minimum Gasteiger partial charge on any atom is -0.491 e. The normalized spacial score (nSPS) is 19.9. The maximum Gasteiger partial charge on any atom is 0.201 e. The summed E-state index contributed by atoms with van der Waals surface area (Å²) in [4.78, 5) is 0. The molecule has 27 heavy (non-hydrogen) atoms. The van der Waals surface area contributed by atoms with Crippen molar-refractivity contribution in [3.63, 3.8) is 0 Å². The van der Waals surface area contributed by atoms with E-state index in [4.69, 9.17) is 14.2 Å². The molecule has 146 valence electrons. The highest BCUT2D eigenvalue weighted by Gasteiger charge is 2.25. The number of benzene rings is 2. The van der Waals surface area contributed by atoms with E-state index in [1.54, 1.807) is 19.1 Å². The summed E-state index contributed by atoms with van der Waals surface area (Å²) < 4.78 is 59.2. The van der Waals surface area contributed by atoms with E-state index < -0.39 is 17.5 Å². The second-order valence-corrected chi connectivity index (χ2v) is 6.40. The number of halogens is 3. The molecule has 3 nitrogen and oxygen atoms in total. The molecule has 0 N–H and O–H groups in total. The van der Waals surface area contributed by atoms with Gasteiger partial charge in [0.05, 0.1) is 13.2 Å². The van der Waals surface area contributed by atoms with Crippen molar-refractivity contribution in [3.8, 4) is 16.9 Å². The third-order valence-corrected chi connectivity index (χ3v) is 4.68. The van der Waals surface area contributed by atoms with Gasteiger partial charge in [0.15, 0.2) is 17.9 Å². The molecule has 0 bridgehead atoms. The van der Waals surface area contributed by atoms with Crippen LogP contribution in [0.25, 0.3) is 11.1 Å². The molecule has 2 atom stereocenters. The molecule has 0 amide bonds. The average molecular weight is 380 g/mol. The van der Waals surface area contributed by atoms with Gasteiger partial charge in [-0.1, -0.05) is 12.1 Å². The molecule has 6 heteroatoms. The Kier molecular flexibility index (Phi) is 6.39. The molecule has 1 heterocycles. The topological polar surface area (TPSA) is 27.7 Å². The molecule has 2 unspecified atom stereocenters. The number of ether oxygens (including phenoxy) is 3. The largest absolute Gasteiger partial charge is 0.491 e. The van der Waals surface area contributed by atoms with Gasteiger partial charge in [0.2, 0.25) is 5.82 Å². The zero-order valence-corrected chi connectivity index (χ0v) is 15.4. The van der Waals surface area contributed by atoms with Gasteiger partial charge in [-0.3, -0.25) is 0 Å². The molecule has 3 rings (SSSR count). The molecule has 0 saturated carbocycles. The molecule has 1 aliphatic heterocycles. The Morgan fingerprint density at radius 3 is 2.44 bits per heavy atom. The molecular formula is C21H23F3O3. The third kappa shape index (κ3) is 4.28. The van der Waals surface area contributed by atoms with E-state index in [-0.39, 0.29) is 35.7 Å². The van der Waals surface area contributed by atoms with E-state index in [0.29, 0.717) is 25.2 Å². The van der Waals surface area contributed by atoms with Crippen LogP contribution in [0.5, 0.6) is 5.75 Å². The van der Waals surface area contributed by atoms with Gasteiger partial charge in [0.1, 0.15) is 5.82 Å². The SMILES string of the molecule is CCOc1ccc(-c2ccc(C3CCC(OCC)OC3)c(F)c2)c(F)c1F. The van der Waals surface area contributed by atoms with Crippen LogP contribution < -0.4 is 4.74 Å². The first kappa shape index (κ1) is 19.7. The Morgan fingerprint density at radius 1 is 1.00 bits per heavy atom. The number of hydrogen-bond donors (Lipinski definition) is 0. The highest BCUT2D eigenvalue weighted by atomic mass is 19.2. The lowest BCUT2D eigenvalue weighted by Gasteiger charge is -2.29. The van der Waals surface area contributed by atoms with E-state index in [1.807, 2.05) is 6.92 Å². The average Bonchev–Trinajstić information content (AvgIpc) is 2.67. The molecule has 2 aromatic rings. The third-order valence-electron chi connectivity index (χ3n) is 4.68. The summed E-state index contributed by atoms with van der Waals surface area (Å²) in [7, 11) is 0. The Morgan fingerprint density at radius 2 is 1.81 bits per heavy atom. The second kappa shape index (κ2) is 8.76. The highest BCUT2D eigenvalue weighted by Crippen LogP contribution is 2.34. The predicted molar refractivity (Wildman–Crippen MR) is 96.3 cm³/mol. The maximum absolute atomic E-state index is 14.7. The van der Waals surface area contributed by atoms with Gasteiger partial charge < -0.3 is 14.2 Å². The smallest absolute Gasteiger partial charge is 0.201 e. The van der Waals surface area contributed by atoms with Gasteiger partial charge in [-0.25, -0.2) is 8.78 Å². The van der Waals surface area contributed by atoms with Crippen molar-refractivity contribution in [2.45, 2.75) is 38.9 Å². The molecular weight excluding hydrogens is 357 g/mol. The first-order valence-corrected chi connectivity index (χ1v) is 9.18. The number of hydrogen-bond acceptors (Lipinski definition) is 3. The van der Waals surface area contributed by atoms with E-state index in [1.165, 1.54) is 18.2 Å². The lowest BCUT2D eigenvalue weighted by atomic mass is 9.91. The van der Waals surface area contributed by atoms with E-state index in [2.05, 4.69) is 0 Å². The summed E-state index contributed by atoms with van der Waals surface area (Å²) >= 11 is 0. The van der Waals surface area contributed by atoms with Crippen molar-refractivity contribution in [1.82, 2.24) is 0 Å². The molecule has 1 saturated heterocycles. The van der Waals surface area contributed by atoms with Crippen molar-refractivity contribution in [2.75, 3.05) is 19.8 Å². The molecule has 0 aliphatic carbocycles. The van der Waals surface area contributed by atoms with Gasteiger partial charge in [-0.15, -0.1) is 0 Å². The van der Waals surface area contributed by atoms with Crippen LogP contribution in [-0.2, 0) is 9.47 Å². The van der Waals surface area contributed by atoms with Crippen molar-refractivity contribution in [2.24, 2.45) is 0 Å². The molecule has 0 radical (unpaired) electrons. The fourth-order valence-corrected chi connectivity index (χ4v) is 3.34. The minimum atomic E-state index is -1.07. The van der Waals surface area contributed by atoms with Crippen LogP contribution in [0.4, 0.5) is 13.2 Å². The standard InChI is InChI=1S/C21H23F3O3/c1-3-25-18-9-8-16(20(23)21(18)24)13-5-7-15(17(22)11-13)14-6-10-19(26-4-2)27-12-14/h5,7-9,11,14,19H,3-4,6,10,12H2,1-2H3. The van der Waals surface area contributed by atoms with Crippen LogP contribution in [0.3, 0.4) is 0 Å². The quantitative estimate of drug-likeness (QED) is 0.669. The van der Waals surface area contributed by atoms with Crippen molar-refractivity contribution >= 4 is 0 Å². The maximum atomic E-state index is 14.7. The van der Waals surface area contributed by atoms with Crippen molar-refractivity contribution in [1.29, 1.82) is 0 Å². The second-order valence-electron chi connectivity index (χ2n) is 6.40. The van der Waals surface area contributed by atoms with Crippen molar-refractivity contribution < 1.29 is 27.4 Å². The first-order valence-electron chi connectivity index (χ1n) is 9.18. The van der Waals surface area contributed by atoms with E-state index in [0.717, 1.165) is 6.42 Å². The van der Waals surface area contributed by atoms with Crippen LogP contribution in [0, 0.1) is 17.5 Å². The molecule has 2 aromatic carbocycles. The first-order chi connectivity index (χ1) is 13.0. The minimum absolute atomic E-state index is 0.00212. The Balaban J connectivity index is 1.80. The monoisotopic (exact) mass is 380 g/mol. The van der Waals surface area contributed by atoms with E-state index in [9.17, 15) is 13.2 Å². The van der Waals surface area contributed by atoms with Crippen molar-refractivity contribution in [3.05, 3.63) is 53.3 Å². The lowest BCUT2D eigenvalue weighted by molar-refractivity contribution is -0.164. The van der Waals surface area contributed by atoms with Crippen LogP contribution in [0.15, 0.2) is 30.3 Å². The Bertz CT molecular complexity index is 786. The number of rotatable bonds is 6. The summed E-state index contributed by atoms with van der Waals surface area (Å²) in [5.41, 5.74) is 0.790. The van der Waals surface area contributed by atoms with Gasteiger partial charge in [0.25, 0.3) is 0 Å². The van der Waals surface area contributed by atoms with Gasteiger partial charge in [0, 0.05) is 18.1 Å². The molecule has 1 aliphatic rings. The zero-order valence-electron chi connectivity index (χ0n) is 15.4. The predicted octanol–water partition coefficient (Wildman–Crippen LogP) is 5.43. The van der Waals surface area contributed by atoms with Gasteiger partial charge in [-0.2, -0.15) is 4.39 Å². The Labute approximate surface area is 157 Å². The zero-order chi connectivity index (χ0) is 19.4. The lowest BCUT2D eigenvalue weighted by Crippen LogP contribution is -2.27. The van der Waals surface area contributed by atoms with Crippen LogP contribution in [-0.4, -0.2) is 26.1 Å². The summed E-state index contributed by atoms with van der Waals surface area (Å²) in [5.74, 6) is -2.81. The summed E-state index contributed by atoms with van der Waals surface area (Å²) in [6.45, 7) is 4.75. The van der Waals surface area contributed by atoms with Gasteiger partial charge in [-0.05, 0) is 56.0 Å². The molecule has 0 aromatic heterocycles. The summed E-state index contributed by atoms with van der Waals surface area (Å²) in [6.07, 6.45) is 1.19. The van der Waals surface area contributed by atoms with E-state index >= 15 is 0 Å². The van der Waals surface area contributed by atoms with Crippen LogP contribution in [0.1, 0.15) is 38.2 Å². The summed E-state index contributed by atoms with van der Waals surface area (Å²) in [5, 5.41) is 0. The summed E-state index contributed by atoms with van der Waals surface area (Å²) in [6, 6.07) is 7.21. The van der Waals surface area contributed by atoms with Crippen LogP contribution in [0.2, 0.25) is 0 Å². The Hall–Kier alpha value is -2.05. The fraction of sp³-hybridized carbons (Fsp3) is 0.429. The highest BCUT2D eigenvalue weighted by molar-refractivity contribution is 5.66. The van der Waals surface area contributed by atoms with Gasteiger partial charge >= 0.3 is 0 Å². The fourth-order valence-electron chi connectivity index (χ4n) is 3.34. The molecule has 1 fully saturated rings.